The molecule has 1 saturated heterocycles. The first kappa shape index (κ1) is 18.2. The van der Waals surface area contributed by atoms with E-state index < -0.39 is 0 Å². The molecule has 2 aromatic rings. The lowest BCUT2D eigenvalue weighted by molar-refractivity contribution is 0.0954. The summed E-state index contributed by atoms with van der Waals surface area (Å²) < 4.78 is 7.13. The summed E-state index contributed by atoms with van der Waals surface area (Å²) in [6.07, 6.45) is 5.40. The fourth-order valence-electron chi connectivity index (χ4n) is 3.83. The van der Waals surface area contributed by atoms with E-state index in [-0.39, 0.29) is 5.78 Å². The Morgan fingerprint density at radius 2 is 2.20 bits per heavy atom. The molecule has 0 saturated carbocycles. The van der Waals surface area contributed by atoms with Crippen LogP contribution >= 0.6 is 11.8 Å². The van der Waals surface area contributed by atoms with E-state index in [0.29, 0.717) is 18.3 Å². The molecule has 0 N–H and O–H groups in total. The van der Waals surface area contributed by atoms with Crippen molar-refractivity contribution in [2.24, 2.45) is 11.8 Å². The van der Waals surface area contributed by atoms with Crippen molar-refractivity contribution in [3.63, 3.8) is 0 Å². The molecule has 1 aliphatic rings. The van der Waals surface area contributed by atoms with E-state index in [1.54, 1.807) is 13.3 Å². The van der Waals surface area contributed by atoms with Gasteiger partial charge in [-0.1, -0.05) is 13.3 Å². The molecular weight excluding hydrogens is 336 g/mol. The average Bonchev–Trinajstić information content (AvgIpc) is 2.65. The summed E-state index contributed by atoms with van der Waals surface area (Å²) in [6, 6.07) is 7.50. The van der Waals surface area contributed by atoms with E-state index in [2.05, 4.69) is 11.9 Å². The molecule has 134 valence electrons. The van der Waals surface area contributed by atoms with Crippen LogP contribution in [0.4, 0.5) is 0 Å². The van der Waals surface area contributed by atoms with Gasteiger partial charge in [-0.25, -0.2) is 4.42 Å². The molecule has 1 aliphatic heterocycles. The number of benzene rings is 1. The number of aromatic nitrogens is 1. The largest absolute Gasteiger partial charge is 0.497 e. The lowest BCUT2D eigenvalue weighted by Crippen LogP contribution is -2.35. The topological polar surface area (TPSA) is 42.4 Å². The number of carbonyl (C=O) groups excluding carboxylic acids is 1. The van der Waals surface area contributed by atoms with E-state index in [4.69, 9.17) is 16.5 Å². The van der Waals surface area contributed by atoms with Crippen LogP contribution in [0.2, 0.25) is 0 Å². The molecule has 1 aromatic heterocycles. The van der Waals surface area contributed by atoms with Crippen molar-refractivity contribution in [2.45, 2.75) is 32.6 Å². The third-order valence-electron chi connectivity index (χ3n) is 5.36. The Kier molecular flexibility index (Phi) is 5.92. The Morgan fingerprint density at radius 1 is 1.36 bits per heavy atom. The number of carbonyl (C=O) groups is 1. The number of ketones is 1. The maximum atomic E-state index is 12.8. The third kappa shape index (κ3) is 4.13. The van der Waals surface area contributed by atoms with Crippen molar-refractivity contribution >= 4 is 28.5 Å². The molecule has 1 fully saturated rings. The average molecular weight is 361 g/mol. The molecule has 1 aromatic carbocycles. The Morgan fingerprint density at radius 3 is 2.96 bits per heavy atom. The van der Waals surface area contributed by atoms with Crippen LogP contribution in [0.1, 0.15) is 43.0 Å². The van der Waals surface area contributed by atoms with Crippen LogP contribution in [0.3, 0.4) is 0 Å². The Hall–Kier alpha value is -1.65. The SMILES string of the molecule is CC[C@H]1CN(Cl)CC[C@H]1CCC(=O)c1ccnc2cc(OC)ccc12. The van der Waals surface area contributed by atoms with Gasteiger partial charge in [-0.15, -0.1) is 0 Å². The van der Waals surface area contributed by atoms with E-state index in [9.17, 15) is 4.79 Å². The van der Waals surface area contributed by atoms with Crippen LogP contribution in [0.5, 0.6) is 5.75 Å². The maximum Gasteiger partial charge on any atom is 0.163 e. The van der Waals surface area contributed by atoms with Crippen LogP contribution in [-0.4, -0.2) is 35.4 Å². The molecule has 2 heterocycles. The highest BCUT2D eigenvalue weighted by atomic mass is 35.5. The van der Waals surface area contributed by atoms with Gasteiger partial charge in [-0.05, 0) is 54.7 Å². The van der Waals surface area contributed by atoms with Crippen LogP contribution in [0.15, 0.2) is 30.5 Å². The highest BCUT2D eigenvalue weighted by Gasteiger charge is 2.27. The number of fused-ring (bicyclic) bond motifs is 1. The fourth-order valence-corrected chi connectivity index (χ4v) is 4.10. The number of nitrogens with zero attached hydrogens (tertiary/aromatic N) is 2. The first-order valence-corrected chi connectivity index (χ1v) is 9.32. The van der Waals surface area contributed by atoms with Crippen molar-refractivity contribution in [3.8, 4) is 5.75 Å². The van der Waals surface area contributed by atoms with Gasteiger partial charge in [-0.3, -0.25) is 9.78 Å². The first-order valence-electron chi connectivity index (χ1n) is 8.99. The molecule has 0 aliphatic carbocycles. The van der Waals surface area contributed by atoms with Crippen LogP contribution < -0.4 is 4.74 Å². The minimum Gasteiger partial charge on any atom is -0.497 e. The predicted octanol–water partition coefficient (Wildman–Crippen LogP) is 4.71. The number of halogens is 1. The number of Topliss-reactive ketones (excluding diaryl/α,β-unsaturated/α-hetero) is 1. The van der Waals surface area contributed by atoms with Gasteiger partial charge in [0.15, 0.2) is 5.78 Å². The Bertz CT molecular complexity index is 750. The quantitative estimate of drug-likeness (QED) is 0.552. The van der Waals surface area contributed by atoms with Gasteiger partial charge in [0.25, 0.3) is 0 Å². The van der Waals surface area contributed by atoms with Gasteiger partial charge in [-0.2, -0.15) is 0 Å². The number of pyridine rings is 1. The number of ether oxygens (including phenoxy) is 1. The Labute approximate surface area is 154 Å². The highest BCUT2D eigenvalue weighted by Crippen LogP contribution is 2.31. The van der Waals surface area contributed by atoms with Gasteiger partial charge in [0.05, 0.1) is 12.6 Å². The lowest BCUT2D eigenvalue weighted by atomic mass is 9.81. The molecule has 0 bridgehead atoms. The molecule has 3 rings (SSSR count). The van der Waals surface area contributed by atoms with Gasteiger partial charge < -0.3 is 4.74 Å². The fraction of sp³-hybridized carbons (Fsp3) is 0.500. The minimum atomic E-state index is 0.195. The number of piperidine rings is 1. The zero-order chi connectivity index (χ0) is 17.8. The van der Waals surface area contributed by atoms with Gasteiger partial charge in [0.2, 0.25) is 0 Å². The highest BCUT2D eigenvalue weighted by molar-refractivity contribution is 6.13. The van der Waals surface area contributed by atoms with E-state index in [1.165, 1.54) is 0 Å². The van der Waals surface area contributed by atoms with Crippen molar-refractivity contribution in [1.29, 1.82) is 0 Å². The molecule has 25 heavy (non-hydrogen) atoms. The van der Waals surface area contributed by atoms with Gasteiger partial charge in [0.1, 0.15) is 5.75 Å². The smallest absolute Gasteiger partial charge is 0.163 e. The molecule has 0 spiro atoms. The number of hydrogen-bond donors (Lipinski definition) is 0. The molecule has 5 heteroatoms. The summed E-state index contributed by atoms with van der Waals surface area (Å²) in [4.78, 5) is 17.2. The summed E-state index contributed by atoms with van der Waals surface area (Å²) in [5.74, 6) is 2.11. The standard InChI is InChI=1S/C20H25ClN2O2/c1-3-14-13-23(21)11-9-15(14)4-7-20(24)18-8-10-22-19-12-16(25-2)5-6-17(18)19/h5-6,8,10,12,14-15H,3-4,7,9,11,13H2,1-2H3/t14-,15+/m0/s1. The molecule has 0 amide bonds. The van der Waals surface area contributed by atoms with Crippen molar-refractivity contribution < 1.29 is 9.53 Å². The minimum absolute atomic E-state index is 0.195. The molecule has 4 nitrogen and oxygen atoms in total. The second-order valence-corrected chi connectivity index (χ2v) is 7.27. The zero-order valence-electron chi connectivity index (χ0n) is 14.9. The third-order valence-corrected chi connectivity index (χ3v) is 5.67. The van der Waals surface area contributed by atoms with Crippen LogP contribution in [0.25, 0.3) is 10.9 Å². The maximum absolute atomic E-state index is 12.8. The summed E-state index contributed by atoms with van der Waals surface area (Å²) in [7, 11) is 1.63. The summed E-state index contributed by atoms with van der Waals surface area (Å²) >= 11 is 6.15. The molecule has 2 atom stereocenters. The van der Waals surface area contributed by atoms with Crippen LogP contribution in [-0.2, 0) is 0 Å². The van der Waals surface area contributed by atoms with Gasteiger partial charge in [0, 0.05) is 42.7 Å². The molecule has 0 unspecified atom stereocenters. The number of rotatable bonds is 6. The summed E-state index contributed by atoms with van der Waals surface area (Å²) in [5.41, 5.74) is 1.56. The van der Waals surface area contributed by atoms with Crippen molar-refractivity contribution in [1.82, 2.24) is 9.40 Å². The summed E-state index contributed by atoms with van der Waals surface area (Å²) in [5, 5.41) is 0.899. The lowest BCUT2D eigenvalue weighted by Gasteiger charge is -2.34. The van der Waals surface area contributed by atoms with E-state index in [0.717, 1.165) is 54.6 Å². The van der Waals surface area contributed by atoms with Gasteiger partial charge >= 0.3 is 0 Å². The first-order chi connectivity index (χ1) is 12.1. The number of hydrogen-bond acceptors (Lipinski definition) is 4. The van der Waals surface area contributed by atoms with E-state index >= 15 is 0 Å². The van der Waals surface area contributed by atoms with Crippen LogP contribution in [0, 0.1) is 11.8 Å². The normalized spacial score (nSPS) is 21.4. The van der Waals surface area contributed by atoms with Crippen molar-refractivity contribution in [2.75, 3.05) is 20.2 Å². The van der Waals surface area contributed by atoms with E-state index in [1.807, 2.05) is 28.7 Å². The molecular formula is C20H25ClN2O2. The summed E-state index contributed by atoms with van der Waals surface area (Å²) in [6.45, 7) is 4.04. The monoisotopic (exact) mass is 360 g/mol. The zero-order valence-corrected chi connectivity index (χ0v) is 15.6. The Balaban J connectivity index is 1.72. The second kappa shape index (κ2) is 8.15. The predicted molar refractivity (Wildman–Crippen MR) is 101 cm³/mol. The van der Waals surface area contributed by atoms with Crippen molar-refractivity contribution in [3.05, 3.63) is 36.0 Å². The molecule has 0 radical (unpaired) electrons. The second-order valence-electron chi connectivity index (χ2n) is 6.79. The number of methoxy groups -OCH3 is 1.